The summed E-state index contributed by atoms with van der Waals surface area (Å²) >= 11 is 0. The van der Waals surface area contributed by atoms with Crippen LogP contribution in [0.15, 0.2) is 55.1 Å². The minimum Gasteiger partial charge on any atom is -0.367 e. The number of nitrogens with one attached hydrogen (secondary N) is 3. The number of H-pyrrole nitrogens is 2. The highest BCUT2D eigenvalue weighted by Gasteiger charge is 2.17. The number of nitrogens with zero attached hydrogens (tertiary/aromatic N) is 3. The van der Waals surface area contributed by atoms with Crippen LogP contribution in [-0.4, -0.2) is 31.0 Å². The third-order valence-corrected chi connectivity index (χ3v) is 5.01. The van der Waals surface area contributed by atoms with Crippen molar-refractivity contribution in [3.05, 3.63) is 60.8 Å². The molecule has 1 aliphatic carbocycles. The van der Waals surface area contributed by atoms with Gasteiger partial charge in [0.25, 0.3) is 0 Å². The summed E-state index contributed by atoms with van der Waals surface area (Å²) < 4.78 is 0. The smallest absolute Gasteiger partial charge is 0.163 e. The van der Waals surface area contributed by atoms with Gasteiger partial charge in [-0.2, -0.15) is 0 Å². The van der Waals surface area contributed by atoms with Crippen molar-refractivity contribution < 1.29 is 0 Å². The predicted molar refractivity (Wildman–Crippen MR) is 113 cm³/mol. The zero-order chi connectivity index (χ0) is 19.2. The van der Waals surface area contributed by atoms with Crippen LogP contribution in [0.2, 0.25) is 0 Å². The molecule has 1 aliphatic rings. The van der Waals surface area contributed by atoms with Crippen molar-refractivity contribution in [3.8, 4) is 11.4 Å². The highest BCUT2D eigenvalue weighted by molar-refractivity contribution is 5.89. The molecule has 0 saturated heterocycles. The lowest BCUT2D eigenvalue weighted by Crippen LogP contribution is -2.23. The van der Waals surface area contributed by atoms with Crippen LogP contribution >= 0.6 is 0 Å². The van der Waals surface area contributed by atoms with E-state index in [2.05, 4.69) is 45.4 Å². The Hall–Kier alpha value is -3.15. The lowest BCUT2D eigenvalue weighted by atomic mass is 9.95. The summed E-state index contributed by atoms with van der Waals surface area (Å²) in [7, 11) is 0. The van der Waals surface area contributed by atoms with Gasteiger partial charge in [0, 0.05) is 29.7 Å². The molecule has 0 bridgehead atoms. The molecule has 0 spiro atoms. The van der Waals surface area contributed by atoms with Gasteiger partial charge in [0.15, 0.2) is 5.82 Å². The van der Waals surface area contributed by atoms with E-state index in [1.54, 1.807) is 18.7 Å². The van der Waals surface area contributed by atoms with Gasteiger partial charge in [0.1, 0.15) is 11.5 Å². The largest absolute Gasteiger partial charge is 0.367 e. The van der Waals surface area contributed by atoms with Crippen molar-refractivity contribution in [2.45, 2.75) is 45.1 Å². The van der Waals surface area contributed by atoms with Crippen LogP contribution in [0.5, 0.6) is 0 Å². The average Bonchev–Trinajstić information content (AvgIpc) is 3.42. The lowest BCUT2D eigenvalue weighted by Gasteiger charge is -2.23. The molecule has 144 valence electrons. The lowest BCUT2D eigenvalue weighted by molar-refractivity contribution is 0.462. The van der Waals surface area contributed by atoms with E-state index in [0.717, 1.165) is 33.9 Å². The van der Waals surface area contributed by atoms with Crippen LogP contribution in [0.4, 0.5) is 5.82 Å². The molecule has 3 N–H and O–H groups in total. The number of rotatable bonds is 3. The molecule has 28 heavy (non-hydrogen) atoms. The van der Waals surface area contributed by atoms with Gasteiger partial charge >= 0.3 is 0 Å². The van der Waals surface area contributed by atoms with E-state index in [0.29, 0.717) is 6.04 Å². The highest BCUT2D eigenvalue weighted by atomic mass is 15.1. The minimum atomic E-state index is 0.528. The van der Waals surface area contributed by atoms with Crippen molar-refractivity contribution in [1.82, 2.24) is 24.9 Å². The van der Waals surface area contributed by atoms with E-state index in [1.807, 2.05) is 18.2 Å². The van der Waals surface area contributed by atoms with E-state index in [4.69, 9.17) is 9.97 Å². The predicted octanol–water partition coefficient (Wildman–Crippen LogP) is 5.09. The molecule has 1 saturated carbocycles. The summed E-state index contributed by atoms with van der Waals surface area (Å²) in [6.07, 6.45) is 11.5. The average molecular weight is 374 g/mol. The molecule has 5 rings (SSSR count). The van der Waals surface area contributed by atoms with Gasteiger partial charge in [-0.05, 0) is 25.8 Å². The molecule has 6 heteroatoms. The maximum atomic E-state index is 4.84. The van der Waals surface area contributed by atoms with E-state index in [9.17, 15) is 0 Å². The van der Waals surface area contributed by atoms with Crippen molar-refractivity contribution in [1.29, 1.82) is 0 Å². The Kier molecular flexibility index (Phi) is 5.66. The Morgan fingerprint density at radius 1 is 1.04 bits per heavy atom. The Labute approximate surface area is 164 Å². The van der Waals surface area contributed by atoms with E-state index < -0.39 is 0 Å². The number of benzene rings is 1. The second-order valence-electron chi connectivity index (χ2n) is 7.22. The molecule has 4 aromatic rings. The molecule has 3 aromatic heterocycles. The third-order valence-electron chi connectivity index (χ3n) is 5.01. The zero-order valence-electron chi connectivity index (χ0n) is 16.2. The number of hydrogen-bond donors (Lipinski definition) is 3. The van der Waals surface area contributed by atoms with Gasteiger partial charge in [-0.3, -0.25) is 0 Å². The summed E-state index contributed by atoms with van der Waals surface area (Å²) in [6, 6.07) is 12.8. The Bertz CT molecular complexity index is 968. The second-order valence-corrected chi connectivity index (χ2v) is 7.22. The van der Waals surface area contributed by atoms with Crippen molar-refractivity contribution in [2.75, 3.05) is 5.32 Å². The maximum Gasteiger partial charge on any atom is 0.163 e. The third kappa shape index (κ3) is 4.39. The number of imidazole rings is 1. The van der Waals surface area contributed by atoms with Gasteiger partial charge in [0.05, 0.1) is 11.7 Å². The summed E-state index contributed by atoms with van der Waals surface area (Å²) in [5, 5.41) is 4.77. The second kappa shape index (κ2) is 8.69. The molecule has 0 atom stereocenters. The topological polar surface area (TPSA) is 82.3 Å². The monoisotopic (exact) mass is 374 g/mol. The standard InChI is InChI=1S/C19H22N4.C3H4N2/c1-13-12-16-18(20-13)22-17(14-8-4-2-5-9-14)23-19(16)21-15-10-6-3-7-11-15;1-2-5-3-4-1/h2,4-5,8-9,12,15H,3,6-7,10-11H2,1H3,(H2,20,21,22,23);1-3H,(H,4,5). The van der Waals surface area contributed by atoms with Crippen molar-refractivity contribution >= 4 is 16.9 Å². The molecule has 0 radical (unpaired) electrons. The molecule has 0 amide bonds. The molecular weight excluding hydrogens is 348 g/mol. The molecular formula is C22H26N6. The molecule has 6 nitrogen and oxygen atoms in total. The number of aromatic amines is 2. The Morgan fingerprint density at radius 3 is 2.54 bits per heavy atom. The number of hydrogen-bond acceptors (Lipinski definition) is 4. The first-order chi connectivity index (χ1) is 13.8. The molecule has 0 aliphatic heterocycles. The highest BCUT2D eigenvalue weighted by Crippen LogP contribution is 2.28. The first-order valence-corrected chi connectivity index (χ1v) is 9.91. The molecule has 1 fully saturated rings. The van der Waals surface area contributed by atoms with Gasteiger partial charge in [0.2, 0.25) is 0 Å². The first-order valence-electron chi connectivity index (χ1n) is 9.91. The molecule has 3 heterocycles. The summed E-state index contributed by atoms with van der Waals surface area (Å²) in [5.41, 5.74) is 3.08. The van der Waals surface area contributed by atoms with Gasteiger partial charge in [-0.1, -0.05) is 49.6 Å². The Balaban J connectivity index is 0.000000336. The Morgan fingerprint density at radius 2 is 1.86 bits per heavy atom. The fourth-order valence-electron chi connectivity index (χ4n) is 3.62. The number of fused-ring (bicyclic) bond motifs is 1. The molecule has 1 aromatic carbocycles. The van der Waals surface area contributed by atoms with Gasteiger partial charge in [-0.25, -0.2) is 15.0 Å². The minimum absolute atomic E-state index is 0.528. The van der Waals surface area contributed by atoms with Crippen LogP contribution in [0.1, 0.15) is 37.8 Å². The van der Waals surface area contributed by atoms with Crippen molar-refractivity contribution in [3.63, 3.8) is 0 Å². The number of anilines is 1. The quantitative estimate of drug-likeness (QED) is 0.466. The van der Waals surface area contributed by atoms with E-state index in [-0.39, 0.29) is 0 Å². The van der Waals surface area contributed by atoms with Crippen LogP contribution in [0.3, 0.4) is 0 Å². The number of aromatic nitrogens is 5. The van der Waals surface area contributed by atoms with Crippen LogP contribution in [0.25, 0.3) is 22.4 Å². The summed E-state index contributed by atoms with van der Waals surface area (Å²) in [5.74, 6) is 1.74. The van der Waals surface area contributed by atoms with E-state index >= 15 is 0 Å². The zero-order valence-corrected chi connectivity index (χ0v) is 16.2. The maximum absolute atomic E-state index is 4.84. The summed E-state index contributed by atoms with van der Waals surface area (Å²) in [6.45, 7) is 2.06. The fraction of sp³-hybridized carbons (Fsp3) is 0.318. The van der Waals surface area contributed by atoms with Gasteiger partial charge < -0.3 is 15.3 Å². The van der Waals surface area contributed by atoms with Crippen molar-refractivity contribution in [2.24, 2.45) is 0 Å². The summed E-state index contributed by atoms with van der Waals surface area (Å²) in [4.78, 5) is 19.3. The normalized spacial score (nSPS) is 14.5. The fourth-order valence-corrected chi connectivity index (χ4v) is 3.62. The van der Waals surface area contributed by atoms with Crippen LogP contribution in [-0.2, 0) is 0 Å². The van der Waals surface area contributed by atoms with Crippen LogP contribution in [0, 0.1) is 6.92 Å². The molecule has 0 unspecified atom stereocenters. The van der Waals surface area contributed by atoms with E-state index in [1.165, 1.54) is 32.1 Å². The number of aryl methyl sites for hydroxylation is 1. The SMILES string of the molecule is Cc1cc2c(NC3CCCCC3)nc(-c3ccccc3)nc2[nH]1.c1c[nH]cn1. The first kappa shape index (κ1) is 18.2. The van der Waals surface area contributed by atoms with Crippen LogP contribution < -0.4 is 5.32 Å². The van der Waals surface area contributed by atoms with Gasteiger partial charge in [-0.15, -0.1) is 0 Å².